The highest BCUT2D eigenvalue weighted by Gasteiger charge is 2.20. The number of aromatic amines is 1. The first kappa shape index (κ1) is 16.6. The monoisotopic (exact) mass is 395 g/mol. The third-order valence-electron chi connectivity index (χ3n) is 4.72. The average molecular weight is 395 g/mol. The molecule has 0 fully saturated rings. The van der Waals surface area contributed by atoms with Gasteiger partial charge >= 0.3 is 5.91 Å². The minimum Gasteiger partial charge on any atom is -0.323 e. The van der Waals surface area contributed by atoms with Gasteiger partial charge in [-0.15, -0.1) is 11.3 Å². The number of amides is 1. The number of carbonyl (C=O) groups excluding carboxylic acids is 1. The summed E-state index contributed by atoms with van der Waals surface area (Å²) < 4.78 is 3.72. The molecule has 1 amide bonds. The van der Waals surface area contributed by atoms with Crippen molar-refractivity contribution in [2.24, 2.45) is 7.05 Å². The molecule has 0 bridgehead atoms. The maximum Gasteiger partial charge on any atom is 0.303 e. The molecule has 4 heterocycles. The molecule has 0 saturated heterocycles. The second-order valence-corrected chi connectivity index (χ2v) is 7.29. The van der Waals surface area contributed by atoms with E-state index < -0.39 is 5.91 Å². The molecule has 5 aromatic rings. The zero-order valence-corrected chi connectivity index (χ0v) is 15.3. The lowest BCUT2D eigenvalue weighted by atomic mass is 10.1. The molecule has 0 aliphatic carbocycles. The Hall–Kier alpha value is -3.57. The number of aryl methyl sites for hydroxylation is 1. The molecular weight excluding hydrogens is 382 g/mol. The van der Waals surface area contributed by atoms with Crippen LogP contribution in [0.4, 0.5) is 0 Å². The summed E-state index contributed by atoms with van der Waals surface area (Å²) >= 11 is 1.10. The first-order valence-corrected chi connectivity index (χ1v) is 9.10. The molecule has 11 heteroatoms. The first-order valence-electron chi connectivity index (χ1n) is 8.29. The molecule has 0 aliphatic rings. The summed E-state index contributed by atoms with van der Waals surface area (Å²) in [6.07, 6.45) is 3.33. The average Bonchev–Trinajstić information content (AvgIpc) is 3.40. The molecule has 5 rings (SSSR count). The number of aromatic nitrogens is 6. The van der Waals surface area contributed by atoms with E-state index in [-0.39, 0.29) is 10.6 Å². The van der Waals surface area contributed by atoms with Crippen LogP contribution in [0, 0.1) is 0 Å². The molecular formula is C17H13N7O3S. The quantitative estimate of drug-likeness (QED) is 0.313. The Labute approximate surface area is 160 Å². The van der Waals surface area contributed by atoms with Crippen molar-refractivity contribution < 1.29 is 10.0 Å². The third kappa shape index (κ3) is 2.27. The van der Waals surface area contributed by atoms with E-state index in [2.05, 4.69) is 20.3 Å². The first-order chi connectivity index (χ1) is 13.6. The second kappa shape index (κ2) is 5.97. The largest absolute Gasteiger partial charge is 0.323 e. The van der Waals surface area contributed by atoms with Gasteiger partial charge in [-0.3, -0.25) is 19.9 Å². The van der Waals surface area contributed by atoms with Crippen LogP contribution >= 0.6 is 11.3 Å². The zero-order valence-electron chi connectivity index (χ0n) is 14.5. The van der Waals surface area contributed by atoms with Crippen molar-refractivity contribution in [2.45, 2.75) is 6.54 Å². The molecule has 3 N–H and O–H groups in total. The standard InChI is InChI=1S/C17H13N7O3S/c1-23-12-10(13-14(23)20-16(28-13)15(25)22-27)6-19-24(17(12)26)7-8-3-2-4-11-9(8)5-18-21-11/h2-6,27H,7H2,1H3,(H,18,21)(H,22,25). The van der Waals surface area contributed by atoms with E-state index in [1.807, 2.05) is 18.2 Å². The zero-order chi connectivity index (χ0) is 19.4. The number of thiazole rings is 1. The van der Waals surface area contributed by atoms with Gasteiger partial charge in [0.1, 0.15) is 5.52 Å². The molecule has 0 aliphatic heterocycles. The lowest BCUT2D eigenvalue weighted by molar-refractivity contribution is 0.0706. The Bertz CT molecular complexity index is 1440. The topological polar surface area (TPSA) is 131 Å². The van der Waals surface area contributed by atoms with Crippen LogP contribution in [0.15, 0.2) is 35.4 Å². The van der Waals surface area contributed by atoms with Crippen LogP contribution in [-0.2, 0) is 13.6 Å². The van der Waals surface area contributed by atoms with Gasteiger partial charge in [-0.25, -0.2) is 15.1 Å². The second-order valence-electron chi connectivity index (χ2n) is 6.29. The van der Waals surface area contributed by atoms with Crippen molar-refractivity contribution in [1.82, 2.24) is 35.0 Å². The van der Waals surface area contributed by atoms with Crippen molar-refractivity contribution in [1.29, 1.82) is 0 Å². The summed E-state index contributed by atoms with van der Waals surface area (Å²) in [6, 6.07) is 5.75. The number of hydroxylamine groups is 1. The van der Waals surface area contributed by atoms with Gasteiger partial charge in [0.15, 0.2) is 10.7 Å². The van der Waals surface area contributed by atoms with E-state index in [1.54, 1.807) is 29.5 Å². The Morgan fingerprint density at radius 1 is 1.32 bits per heavy atom. The van der Waals surface area contributed by atoms with Gasteiger partial charge in [-0.1, -0.05) is 12.1 Å². The molecule has 0 spiro atoms. The van der Waals surface area contributed by atoms with Crippen molar-refractivity contribution in [3.05, 3.63) is 51.5 Å². The number of carbonyl (C=O) groups is 1. The van der Waals surface area contributed by atoms with Crippen LogP contribution < -0.4 is 11.0 Å². The van der Waals surface area contributed by atoms with E-state index in [4.69, 9.17) is 5.21 Å². The SMILES string of the molecule is Cn1c2nc(C(=O)NO)sc2c2cnn(Cc3cccc4[nH]ncc34)c(=O)c21. The van der Waals surface area contributed by atoms with Crippen LogP contribution in [0.1, 0.15) is 15.4 Å². The smallest absolute Gasteiger partial charge is 0.303 e. The van der Waals surface area contributed by atoms with E-state index in [0.717, 1.165) is 27.8 Å². The summed E-state index contributed by atoms with van der Waals surface area (Å²) in [5, 5.41) is 21.7. The molecule has 28 heavy (non-hydrogen) atoms. The number of fused-ring (bicyclic) bond motifs is 4. The number of nitrogens with zero attached hydrogens (tertiary/aromatic N) is 5. The Balaban J connectivity index is 1.67. The van der Waals surface area contributed by atoms with E-state index in [0.29, 0.717) is 27.8 Å². The third-order valence-corrected chi connectivity index (χ3v) is 5.79. The van der Waals surface area contributed by atoms with Gasteiger partial charge in [0.2, 0.25) is 0 Å². The Morgan fingerprint density at radius 2 is 2.18 bits per heavy atom. The maximum atomic E-state index is 13.1. The van der Waals surface area contributed by atoms with Gasteiger partial charge in [-0.2, -0.15) is 10.2 Å². The van der Waals surface area contributed by atoms with Crippen LogP contribution in [0.2, 0.25) is 0 Å². The Kier molecular flexibility index (Phi) is 3.54. The number of hydrogen-bond acceptors (Lipinski definition) is 7. The maximum absolute atomic E-state index is 13.1. The van der Waals surface area contributed by atoms with Crippen molar-refractivity contribution in [3.63, 3.8) is 0 Å². The fourth-order valence-electron chi connectivity index (χ4n) is 3.38. The van der Waals surface area contributed by atoms with Gasteiger partial charge < -0.3 is 4.57 Å². The fourth-order valence-corrected chi connectivity index (χ4v) is 4.37. The number of H-pyrrole nitrogens is 1. The minimum absolute atomic E-state index is 0.112. The molecule has 0 atom stereocenters. The molecule has 4 aromatic heterocycles. The highest BCUT2D eigenvalue weighted by atomic mass is 32.1. The summed E-state index contributed by atoms with van der Waals surface area (Å²) in [6.45, 7) is 0.302. The summed E-state index contributed by atoms with van der Waals surface area (Å²) in [5.74, 6) is -0.691. The lowest BCUT2D eigenvalue weighted by Gasteiger charge is -2.06. The fraction of sp³-hybridized carbons (Fsp3) is 0.118. The van der Waals surface area contributed by atoms with E-state index >= 15 is 0 Å². The molecule has 0 saturated carbocycles. The van der Waals surface area contributed by atoms with Crippen molar-refractivity contribution >= 4 is 49.4 Å². The summed E-state index contributed by atoms with van der Waals surface area (Å²) in [4.78, 5) is 28.9. The number of hydrogen-bond donors (Lipinski definition) is 3. The van der Waals surface area contributed by atoms with E-state index in [1.165, 1.54) is 4.68 Å². The Morgan fingerprint density at radius 3 is 3.00 bits per heavy atom. The van der Waals surface area contributed by atoms with Gasteiger partial charge in [0, 0.05) is 17.8 Å². The summed E-state index contributed by atoms with van der Waals surface area (Å²) in [5.41, 5.74) is 4.09. The predicted molar refractivity (Wildman–Crippen MR) is 103 cm³/mol. The van der Waals surface area contributed by atoms with Crippen molar-refractivity contribution in [3.8, 4) is 0 Å². The van der Waals surface area contributed by atoms with Crippen LogP contribution in [-0.4, -0.2) is 40.6 Å². The molecule has 10 nitrogen and oxygen atoms in total. The summed E-state index contributed by atoms with van der Waals surface area (Å²) in [7, 11) is 1.72. The van der Waals surface area contributed by atoms with Gasteiger partial charge in [0.05, 0.1) is 29.2 Å². The van der Waals surface area contributed by atoms with Crippen LogP contribution in [0.25, 0.3) is 32.2 Å². The molecule has 1 aromatic carbocycles. The van der Waals surface area contributed by atoms with Gasteiger partial charge in [-0.05, 0) is 11.6 Å². The highest BCUT2D eigenvalue weighted by molar-refractivity contribution is 7.21. The minimum atomic E-state index is -0.691. The molecule has 0 radical (unpaired) electrons. The van der Waals surface area contributed by atoms with Crippen LogP contribution in [0.3, 0.4) is 0 Å². The van der Waals surface area contributed by atoms with Crippen molar-refractivity contribution in [2.75, 3.05) is 0 Å². The van der Waals surface area contributed by atoms with Crippen LogP contribution in [0.5, 0.6) is 0 Å². The number of nitrogens with one attached hydrogen (secondary N) is 2. The predicted octanol–water partition coefficient (Wildman–Crippen LogP) is 1.39. The number of rotatable bonds is 3. The highest BCUT2D eigenvalue weighted by Crippen LogP contribution is 2.30. The van der Waals surface area contributed by atoms with E-state index in [9.17, 15) is 9.59 Å². The molecule has 0 unspecified atom stereocenters. The number of benzene rings is 1. The molecule has 140 valence electrons. The van der Waals surface area contributed by atoms with Gasteiger partial charge in [0.25, 0.3) is 5.56 Å². The lowest BCUT2D eigenvalue weighted by Crippen LogP contribution is -2.24. The normalized spacial score (nSPS) is 11.6.